The van der Waals surface area contributed by atoms with Crippen LogP contribution < -0.4 is 15.5 Å². The van der Waals surface area contributed by atoms with Crippen LogP contribution in [0.3, 0.4) is 0 Å². The number of halogens is 1. The zero-order valence-electron chi connectivity index (χ0n) is 17.8. The summed E-state index contributed by atoms with van der Waals surface area (Å²) < 4.78 is 0. The van der Waals surface area contributed by atoms with Crippen molar-refractivity contribution in [3.8, 4) is 0 Å². The number of likely N-dealkylation sites (N-methyl/N-ethyl adjacent to an activating group) is 1. The fourth-order valence-corrected chi connectivity index (χ4v) is 3.76. The van der Waals surface area contributed by atoms with Crippen LogP contribution in [0, 0.1) is 6.92 Å². The molecule has 0 saturated carbocycles. The third-order valence-electron chi connectivity index (χ3n) is 4.94. The number of aryl methyl sites for hydroxylation is 1. The number of thiophene rings is 1. The lowest BCUT2D eigenvalue weighted by atomic mass is 10.1. The Morgan fingerprint density at radius 1 is 1.30 bits per heavy atom. The lowest BCUT2D eigenvalue weighted by Gasteiger charge is -2.34. The van der Waals surface area contributed by atoms with Gasteiger partial charge >= 0.3 is 0 Å². The number of carbonyl (C=O) groups excluding carboxylic acids is 1. The Morgan fingerprint density at radius 2 is 2.07 bits per heavy atom. The lowest BCUT2D eigenvalue weighted by molar-refractivity contribution is -0.127. The van der Waals surface area contributed by atoms with Gasteiger partial charge in [-0.25, -0.2) is 9.98 Å². The monoisotopic (exact) mass is 542 g/mol. The number of nitrogens with zero attached hydrogens (tertiary/aromatic N) is 4. The van der Waals surface area contributed by atoms with Crippen molar-refractivity contribution >= 4 is 53.0 Å². The molecule has 2 N–H and O–H groups in total. The van der Waals surface area contributed by atoms with E-state index >= 15 is 0 Å². The number of carbonyl (C=O) groups is 1. The molecule has 164 valence electrons. The molecule has 0 unspecified atom stereocenters. The van der Waals surface area contributed by atoms with Gasteiger partial charge in [0.2, 0.25) is 5.91 Å². The van der Waals surface area contributed by atoms with Crippen molar-refractivity contribution in [2.75, 3.05) is 38.6 Å². The van der Waals surface area contributed by atoms with E-state index in [-0.39, 0.29) is 36.4 Å². The number of guanidine groups is 1. The average molecular weight is 542 g/mol. The molecule has 3 rings (SSSR count). The molecule has 1 fully saturated rings. The summed E-state index contributed by atoms with van der Waals surface area (Å²) in [5.41, 5.74) is 1.18. The number of amides is 1. The molecule has 3 heterocycles. The molecule has 0 atom stereocenters. The van der Waals surface area contributed by atoms with Gasteiger partial charge in [0.05, 0.1) is 6.54 Å². The minimum absolute atomic E-state index is 0. The lowest BCUT2D eigenvalue weighted by Crippen LogP contribution is -2.49. The molecule has 0 aromatic carbocycles. The van der Waals surface area contributed by atoms with Crippen LogP contribution in [0.4, 0.5) is 5.82 Å². The Balaban J connectivity index is 0.00000320. The molecule has 0 bridgehead atoms. The summed E-state index contributed by atoms with van der Waals surface area (Å²) in [4.78, 5) is 26.1. The Kier molecular flexibility index (Phi) is 9.83. The molecule has 0 spiro atoms. The first-order chi connectivity index (χ1) is 14.0. The molecule has 7 nitrogen and oxygen atoms in total. The van der Waals surface area contributed by atoms with Crippen molar-refractivity contribution in [1.82, 2.24) is 20.5 Å². The molecule has 2 aromatic rings. The van der Waals surface area contributed by atoms with Crippen LogP contribution in [0.5, 0.6) is 0 Å². The predicted molar refractivity (Wildman–Crippen MR) is 135 cm³/mol. The van der Waals surface area contributed by atoms with Gasteiger partial charge in [-0.1, -0.05) is 12.1 Å². The molecule has 1 aliphatic rings. The van der Waals surface area contributed by atoms with Gasteiger partial charge in [0, 0.05) is 44.3 Å². The predicted octanol–water partition coefficient (Wildman–Crippen LogP) is 2.86. The second-order valence-corrected chi connectivity index (χ2v) is 8.52. The van der Waals surface area contributed by atoms with E-state index in [2.05, 4.69) is 56.0 Å². The third kappa shape index (κ3) is 7.42. The molecule has 0 aliphatic carbocycles. The fourth-order valence-electron chi connectivity index (χ4n) is 3.12. The van der Waals surface area contributed by atoms with Gasteiger partial charge in [-0.15, -0.1) is 35.3 Å². The third-order valence-corrected chi connectivity index (χ3v) is 5.81. The van der Waals surface area contributed by atoms with Gasteiger partial charge in [-0.2, -0.15) is 0 Å². The summed E-state index contributed by atoms with van der Waals surface area (Å²) in [6.07, 6.45) is 3.91. The SMILES string of the molecule is Cc1ccc(N2CCC(NC(=NCC(=O)N(C)C)NCc3cccs3)CC2)nc1.I. The van der Waals surface area contributed by atoms with Crippen LogP contribution >= 0.6 is 35.3 Å². The second-order valence-electron chi connectivity index (χ2n) is 7.49. The Labute approximate surface area is 200 Å². The number of hydrogen-bond acceptors (Lipinski definition) is 5. The standard InChI is InChI=1S/C21H30N6OS.HI/c1-16-6-7-19(22-13-16)27-10-8-17(9-11-27)25-21(24-15-20(28)26(2)3)23-14-18-5-4-12-29-18;/h4-7,12-13,17H,8-11,14-15H2,1-3H3,(H2,23,24,25);1H. The quantitative estimate of drug-likeness (QED) is 0.334. The van der Waals surface area contributed by atoms with Crippen molar-refractivity contribution in [3.05, 3.63) is 46.3 Å². The van der Waals surface area contributed by atoms with E-state index in [1.807, 2.05) is 12.3 Å². The Hall–Kier alpha value is -1.88. The zero-order valence-corrected chi connectivity index (χ0v) is 20.9. The molecular weight excluding hydrogens is 511 g/mol. The number of hydrogen-bond donors (Lipinski definition) is 2. The smallest absolute Gasteiger partial charge is 0.243 e. The number of piperidine rings is 1. The fraction of sp³-hybridized carbons (Fsp3) is 0.476. The van der Waals surface area contributed by atoms with E-state index in [0.717, 1.165) is 31.7 Å². The van der Waals surface area contributed by atoms with Gasteiger partial charge in [-0.3, -0.25) is 4.79 Å². The number of nitrogens with one attached hydrogen (secondary N) is 2. The van der Waals surface area contributed by atoms with E-state index in [0.29, 0.717) is 18.5 Å². The van der Waals surface area contributed by atoms with Gasteiger partial charge in [0.15, 0.2) is 5.96 Å². The minimum atomic E-state index is -0.0116. The summed E-state index contributed by atoms with van der Waals surface area (Å²) in [6.45, 7) is 4.79. The second kappa shape index (κ2) is 12.1. The number of aliphatic imine (C=N–C) groups is 1. The van der Waals surface area contributed by atoms with Crippen molar-refractivity contribution < 1.29 is 4.79 Å². The highest BCUT2D eigenvalue weighted by Crippen LogP contribution is 2.18. The maximum Gasteiger partial charge on any atom is 0.243 e. The maximum absolute atomic E-state index is 11.9. The summed E-state index contributed by atoms with van der Waals surface area (Å²) >= 11 is 1.71. The summed E-state index contributed by atoms with van der Waals surface area (Å²) in [7, 11) is 3.50. The topological polar surface area (TPSA) is 72.9 Å². The van der Waals surface area contributed by atoms with E-state index < -0.39 is 0 Å². The van der Waals surface area contributed by atoms with Gasteiger partial charge in [0.1, 0.15) is 12.4 Å². The van der Waals surface area contributed by atoms with Crippen LogP contribution in [0.2, 0.25) is 0 Å². The largest absolute Gasteiger partial charge is 0.356 e. The number of rotatable bonds is 6. The first-order valence-corrected chi connectivity index (χ1v) is 10.8. The van der Waals surface area contributed by atoms with Crippen molar-refractivity contribution in [2.45, 2.75) is 32.4 Å². The highest BCUT2D eigenvalue weighted by atomic mass is 127. The van der Waals surface area contributed by atoms with E-state index in [4.69, 9.17) is 0 Å². The van der Waals surface area contributed by atoms with Gasteiger partial charge in [0.25, 0.3) is 0 Å². The van der Waals surface area contributed by atoms with Gasteiger partial charge < -0.3 is 20.4 Å². The molecule has 1 saturated heterocycles. The highest BCUT2D eigenvalue weighted by Gasteiger charge is 2.21. The summed E-state index contributed by atoms with van der Waals surface area (Å²) in [5, 5.41) is 8.95. The minimum Gasteiger partial charge on any atom is -0.356 e. The number of anilines is 1. The Morgan fingerprint density at radius 3 is 2.67 bits per heavy atom. The average Bonchev–Trinajstić information content (AvgIpc) is 3.24. The molecule has 2 aromatic heterocycles. The molecule has 9 heteroatoms. The van der Waals surface area contributed by atoms with Crippen LogP contribution in [0.15, 0.2) is 40.8 Å². The normalized spacial score (nSPS) is 14.8. The van der Waals surface area contributed by atoms with Crippen molar-refractivity contribution in [1.29, 1.82) is 0 Å². The first-order valence-electron chi connectivity index (χ1n) is 9.96. The van der Waals surface area contributed by atoms with E-state index in [1.54, 1.807) is 30.3 Å². The van der Waals surface area contributed by atoms with Gasteiger partial charge in [-0.05, 0) is 42.8 Å². The van der Waals surface area contributed by atoms with Crippen molar-refractivity contribution in [3.63, 3.8) is 0 Å². The summed E-state index contributed by atoms with van der Waals surface area (Å²) in [6, 6.07) is 8.64. The van der Waals surface area contributed by atoms with Crippen LogP contribution in [-0.4, -0.2) is 61.5 Å². The van der Waals surface area contributed by atoms with Crippen LogP contribution in [0.25, 0.3) is 0 Å². The van der Waals surface area contributed by atoms with Crippen molar-refractivity contribution in [2.24, 2.45) is 4.99 Å². The molecular formula is C21H31IN6OS. The zero-order chi connectivity index (χ0) is 20.6. The van der Waals surface area contributed by atoms with Crippen LogP contribution in [0.1, 0.15) is 23.3 Å². The highest BCUT2D eigenvalue weighted by molar-refractivity contribution is 14.0. The van der Waals surface area contributed by atoms with E-state index in [9.17, 15) is 4.79 Å². The maximum atomic E-state index is 11.9. The Bertz CT molecular complexity index is 801. The molecule has 0 radical (unpaired) electrons. The summed E-state index contributed by atoms with van der Waals surface area (Å²) in [5.74, 6) is 1.72. The first kappa shape index (κ1) is 24.4. The molecule has 30 heavy (non-hydrogen) atoms. The number of pyridine rings is 1. The number of aromatic nitrogens is 1. The van der Waals surface area contributed by atoms with Crippen LogP contribution in [-0.2, 0) is 11.3 Å². The van der Waals surface area contributed by atoms with E-state index in [1.165, 1.54) is 10.4 Å². The molecule has 1 aliphatic heterocycles. The molecule has 1 amide bonds.